The Morgan fingerprint density at radius 3 is 2.48 bits per heavy atom. The summed E-state index contributed by atoms with van der Waals surface area (Å²) in [7, 11) is 0. The Bertz CT molecular complexity index is 610. The molecule has 2 rings (SSSR count). The summed E-state index contributed by atoms with van der Waals surface area (Å²) in [6, 6.07) is 15.0. The van der Waals surface area contributed by atoms with Crippen LogP contribution < -0.4 is 5.32 Å². The summed E-state index contributed by atoms with van der Waals surface area (Å²) < 4.78 is 4.96. The predicted octanol–water partition coefficient (Wildman–Crippen LogP) is 4.69. The molecule has 0 spiro atoms. The maximum absolute atomic E-state index is 11.6. The SMILES string of the molecule is CCOC(=O)c1ccc(NC(C)c2ccccc2Cl)cc1. The smallest absolute Gasteiger partial charge is 0.338 e. The number of carbonyl (C=O) groups excluding carboxylic acids is 1. The van der Waals surface area contributed by atoms with Crippen molar-refractivity contribution >= 4 is 23.3 Å². The molecule has 0 fully saturated rings. The normalized spacial score (nSPS) is 11.8. The Balaban J connectivity index is 2.07. The largest absolute Gasteiger partial charge is 0.462 e. The van der Waals surface area contributed by atoms with Gasteiger partial charge in [-0.05, 0) is 49.7 Å². The molecule has 1 unspecified atom stereocenters. The van der Waals surface area contributed by atoms with Gasteiger partial charge in [0.15, 0.2) is 0 Å². The van der Waals surface area contributed by atoms with Gasteiger partial charge in [-0.15, -0.1) is 0 Å². The van der Waals surface area contributed by atoms with Crippen LogP contribution in [0.25, 0.3) is 0 Å². The zero-order valence-electron chi connectivity index (χ0n) is 12.1. The van der Waals surface area contributed by atoms with E-state index < -0.39 is 0 Å². The fourth-order valence-corrected chi connectivity index (χ4v) is 2.37. The molecule has 0 aliphatic rings. The van der Waals surface area contributed by atoms with Crippen molar-refractivity contribution in [2.75, 3.05) is 11.9 Å². The van der Waals surface area contributed by atoms with Crippen molar-refractivity contribution in [1.29, 1.82) is 0 Å². The minimum Gasteiger partial charge on any atom is -0.462 e. The number of benzene rings is 2. The Morgan fingerprint density at radius 1 is 1.19 bits per heavy atom. The first-order valence-electron chi connectivity index (χ1n) is 6.90. The van der Waals surface area contributed by atoms with Gasteiger partial charge in [0.2, 0.25) is 0 Å². The van der Waals surface area contributed by atoms with Crippen molar-refractivity contribution in [3.8, 4) is 0 Å². The van der Waals surface area contributed by atoms with Gasteiger partial charge in [0.25, 0.3) is 0 Å². The molecule has 0 saturated heterocycles. The number of halogens is 1. The molecule has 0 heterocycles. The Hall–Kier alpha value is -2.00. The van der Waals surface area contributed by atoms with Gasteiger partial charge in [-0.3, -0.25) is 0 Å². The van der Waals surface area contributed by atoms with Crippen LogP contribution in [0.15, 0.2) is 48.5 Å². The van der Waals surface area contributed by atoms with Crippen molar-refractivity contribution in [1.82, 2.24) is 0 Å². The summed E-state index contributed by atoms with van der Waals surface area (Å²) in [5.74, 6) is -0.303. The van der Waals surface area contributed by atoms with Crippen LogP contribution in [0.4, 0.5) is 5.69 Å². The molecule has 2 aromatic rings. The third kappa shape index (κ3) is 3.99. The second-order valence-electron chi connectivity index (χ2n) is 4.69. The van der Waals surface area contributed by atoms with E-state index in [1.165, 1.54) is 0 Å². The number of esters is 1. The number of nitrogens with one attached hydrogen (secondary N) is 1. The molecule has 0 aliphatic carbocycles. The van der Waals surface area contributed by atoms with E-state index in [0.29, 0.717) is 12.2 Å². The number of hydrogen-bond acceptors (Lipinski definition) is 3. The quantitative estimate of drug-likeness (QED) is 0.814. The van der Waals surface area contributed by atoms with Gasteiger partial charge in [-0.1, -0.05) is 29.8 Å². The molecule has 0 aliphatic heterocycles. The predicted molar refractivity (Wildman–Crippen MR) is 85.9 cm³/mol. The van der Waals surface area contributed by atoms with Crippen molar-refractivity contribution in [2.24, 2.45) is 0 Å². The third-order valence-corrected chi connectivity index (χ3v) is 3.50. The highest BCUT2D eigenvalue weighted by atomic mass is 35.5. The maximum atomic E-state index is 11.6. The number of hydrogen-bond donors (Lipinski definition) is 1. The fraction of sp³-hybridized carbons (Fsp3) is 0.235. The van der Waals surface area contributed by atoms with Crippen molar-refractivity contribution in [2.45, 2.75) is 19.9 Å². The number of rotatable bonds is 5. The average molecular weight is 304 g/mol. The summed E-state index contributed by atoms with van der Waals surface area (Å²) in [4.78, 5) is 11.6. The van der Waals surface area contributed by atoms with E-state index in [0.717, 1.165) is 16.3 Å². The molecule has 2 aromatic carbocycles. The summed E-state index contributed by atoms with van der Waals surface area (Å²) in [5.41, 5.74) is 2.51. The van der Waals surface area contributed by atoms with Crippen LogP contribution in [-0.4, -0.2) is 12.6 Å². The van der Waals surface area contributed by atoms with E-state index in [1.807, 2.05) is 43.3 Å². The third-order valence-electron chi connectivity index (χ3n) is 3.15. The molecular formula is C17H18ClNO2. The van der Waals surface area contributed by atoms with Gasteiger partial charge >= 0.3 is 5.97 Å². The average Bonchev–Trinajstić information content (AvgIpc) is 2.48. The van der Waals surface area contributed by atoms with E-state index in [1.54, 1.807) is 19.1 Å². The topological polar surface area (TPSA) is 38.3 Å². The van der Waals surface area contributed by atoms with Gasteiger partial charge < -0.3 is 10.1 Å². The zero-order chi connectivity index (χ0) is 15.2. The Kier molecular flexibility index (Phi) is 5.23. The molecule has 0 saturated carbocycles. The summed E-state index contributed by atoms with van der Waals surface area (Å²) in [6.07, 6.45) is 0. The maximum Gasteiger partial charge on any atom is 0.338 e. The van der Waals surface area contributed by atoms with E-state index in [2.05, 4.69) is 5.32 Å². The highest BCUT2D eigenvalue weighted by Gasteiger charge is 2.10. The first kappa shape index (κ1) is 15.4. The van der Waals surface area contributed by atoms with E-state index in [9.17, 15) is 4.79 Å². The lowest BCUT2D eigenvalue weighted by molar-refractivity contribution is 0.0526. The first-order valence-corrected chi connectivity index (χ1v) is 7.27. The van der Waals surface area contributed by atoms with Gasteiger partial charge in [-0.2, -0.15) is 0 Å². The highest BCUT2D eigenvalue weighted by molar-refractivity contribution is 6.31. The van der Waals surface area contributed by atoms with Crippen molar-refractivity contribution in [3.05, 3.63) is 64.7 Å². The fourth-order valence-electron chi connectivity index (χ4n) is 2.07. The second kappa shape index (κ2) is 7.14. The van der Waals surface area contributed by atoms with Crippen LogP contribution in [-0.2, 0) is 4.74 Å². The standard InChI is InChI=1S/C17H18ClNO2/c1-3-21-17(20)13-8-10-14(11-9-13)19-12(2)15-6-4-5-7-16(15)18/h4-12,19H,3H2,1-2H3. The molecule has 1 N–H and O–H groups in total. The lowest BCUT2D eigenvalue weighted by Gasteiger charge is -2.17. The summed E-state index contributed by atoms with van der Waals surface area (Å²) in [6.45, 7) is 4.21. The molecule has 0 radical (unpaired) electrons. The lowest BCUT2D eigenvalue weighted by atomic mass is 10.1. The molecule has 21 heavy (non-hydrogen) atoms. The van der Waals surface area contributed by atoms with Crippen LogP contribution in [0.3, 0.4) is 0 Å². The number of carbonyl (C=O) groups is 1. The minimum absolute atomic E-state index is 0.0761. The second-order valence-corrected chi connectivity index (χ2v) is 5.09. The molecule has 0 bridgehead atoms. The highest BCUT2D eigenvalue weighted by Crippen LogP contribution is 2.25. The Morgan fingerprint density at radius 2 is 1.86 bits per heavy atom. The number of anilines is 1. The minimum atomic E-state index is -0.303. The zero-order valence-corrected chi connectivity index (χ0v) is 12.9. The summed E-state index contributed by atoms with van der Waals surface area (Å²) >= 11 is 6.19. The van der Waals surface area contributed by atoms with Crippen molar-refractivity contribution in [3.63, 3.8) is 0 Å². The van der Waals surface area contributed by atoms with Gasteiger partial charge in [0.05, 0.1) is 12.2 Å². The molecular weight excluding hydrogens is 286 g/mol. The summed E-state index contributed by atoms with van der Waals surface area (Å²) in [5, 5.41) is 4.10. The van der Waals surface area contributed by atoms with E-state index >= 15 is 0 Å². The van der Waals surface area contributed by atoms with E-state index in [-0.39, 0.29) is 12.0 Å². The molecule has 4 heteroatoms. The lowest BCUT2D eigenvalue weighted by Crippen LogP contribution is -2.08. The van der Waals surface area contributed by atoms with Crippen LogP contribution >= 0.6 is 11.6 Å². The number of ether oxygens (including phenoxy) is 1. The van der Waals surface area contributed by atoms with Crippen LogP contribution in [0.1, 0.15) is 35.8 Å². The van der Waals surface area contributed by atoms with Gasteiger partial charge in [0.1, 0.15) is 0 Å². The van der Waals surface area contributed by atoms with E-state index in [4.69, 9.17) is 16.3 Å². The Labute approximate surface area is 129 Å². The van der Waals surface area contributed by atoms with Crippen molar-refractivity contribution < 1.29 is 9.53 Å². The molecule has 1 atom stereocenters. The molecule has 110 valence electrons. The van der Waals surface area contributed by atoms with Gasteiger partial charge in [0, 0.05) is 16.8 Å². The molecule has 0 aromatic heterocycles. The van der Waals surface area contributed by atoms with Crippen LogP contribution in [0.5, 0.6) is 0 Å². The first-order chi connectivity index (χ1) is 10.1. The molecule has 0 amide bonds. The monoisotopic (exact) mass is 303 g/mol. The van der Waals surface area contributed by atoms with Crippen LogP contribution in [0, 0.1) is 0 Å². The van der Waals surface area contributed by atoms with Crippen LogP contribution in [0.2, 0.25) is 5.02 Å². The molecule has 3 nitrogen and oxygen atoms in total. The van der Waals surface area contributed by atoms with Gasteiger partial charge in [-0.25, -0.2) is 4.79 Å².